The van der Waals surface area contributed by atoms with Crippen molar-refractivity contribution in [2.45, 2.75) is 36.8 Å². The van der Waals surface area contributed by atoms with E-state index < -0.39 is 86.6 Å². The van der Waals surface area contributed by atoms with Crippen molar-refractivity contribution in [2.75, 3.05) is 0 Å². The van der Waals surface area contributed by atoms with Gasteiger partial charge in [0, 0.05) is 64.8 Å². The molecule has 0 aliphatic carbocycles. The van der Waals surface area contributed by atoms with Crippen molar-refractivity contribution >= 4 is 11.7 Å². The standard InChI is InChI=1S/C37H27NO16/c39-21-3-1-16(9-23(21)41)37-13-20(18-10-17(38(49)50)2-4-28(18)53-37)31-29(54-37)12-22(40)19-11-30(51-36(48)15-7-26(44)33(47)27(45)8-15)34(52-35(19)31)14-5-24(42)32(46)25(43)6-14/h1-10,12,20,30,34,39-47H,11,13H2/t20?,30-,34-,37?/m1/s1. The Morgan fingerprint density at radius 1 is 0.741 bits per heavy atom. The van der Waals surface area contributed by atoms with Crippen LogP contribution in [0.1, 0.15) is 56.6 Å². The molecule has 3 aliphatic heterocycles. The number of hydrogen-bond acceptors (Lipinski definition) is 16. The number of fused-ring (bicyclic) bond motifs is 8. The number of esters is 1. The quantitative estimate of drug-likeness (QED) is 0.0495. The Kier molecular flexibility index (Phi) is 7.37. The number of ether oxygens (including phenoxy) is 4. The third-order valence-corrected chi connectivity index (χ3v) is 9.70. The largest absolute Gasteiger partial charge is 0.507 e. The van der Waals surface area contributed by atoms with Crippen LogP contribution in [0.3, 0.4) is 0 Å². The van der Waals surface area contributed by atoms with Crippen LogP contribution in [0.25, 0.3) is 0 Å². The molecule has 2 bridgehead atoms. The summed E-state index contributed by atoms with van der Waals surface area (Å²) >= 11 is 0. The normalized spacial score (nSPS) is 20.6. The monoisotopic (exact) mass is 741 g/mol. The van der Waals surface area contributed by atoms with Crippen molar-refractivity contribution in [1.29, 1.82) is 0 Å². The molecular formula is C37H27NO16. The lowest BCUT2D eigenvalue weighted by molar-refractivity contribution is -0.385. The fourth-order valence-electron chi connectivity index (χ4n) is 7.15. The molecule has 0 fully saturated rings. The summed E-state index contributed by atoms with van der Waals surface area (Å²) in [4.78, 5) is 24.7. The molecule has 0 saturated heterocycles. The highest BCUT2D eigenvalue weighted by Gasteiger charge is 2.53. The van der Waals surface area contributed by atoms with E-state index in [4.69, 9.17) is 18.9 Å². The van der Waals surface area contributed by atoms with E-state index in [2.05, 4.69) is 0 Å². The molecule has 5 aromatic carbocycles. The Balaban J connectivity index is 1.30. The number of nitro benzene ring substituents is 1. The molecule has 8 rings (SSSR count). The molecular weight excluding hydrogens is 714 g/mol. The number of phenolic OH excluding ortho intramolecular Hbond substituents is 9. The number of carbonyl (C=O) groups is 1. The van der Waals surface area contributed by atoms with E-state index in [1.54, 1.807) is 0 Å². The predicted octanol–water partition coefficient (Wildman–Crippen LogP) is 5.01. The lowest BCUT2D eigenvalue weighted by Crippen LogP contribution is -2.47. The van der Waals surface area contributed by atoms with Gasteiger partial charge in [-0.15, -0.1) is 0 Å². The minimum Gasteiger partial charge on any atom is -0.507 e. The van der Waals surface area contributed by atoms with Gasteiger partial charge in [0.2, 0.25) is 0 Å². The summed E-state index contributed by atoms with van der Waals surface area (Å²) in [6, 6.07) is 12.9. The first-order valence-electron chi connectivity index (χ1n) is 16.1. The molecule has 2 unspecified atom stereocenters. The zero-order valence-electron chi connectivity index (χ0n) is 27.3. The predicted molar refractivity (Wildman–Crippen MR) is 180 cm³/mol. The van der Waals surface area contributed by atoms with Crippen LogP contribution < -0.4 is 14.2 Å². The number of nitro groups is 1. The van der Waals surface area contributed by atoms with Crippen LogP contribution in [-0.2, 0) is 16.9 Å². The molecule has 0 amide bonds. The topological polar surface area (TPSA) is 279 Å². The highest BCUT2D eigenvalue weighted by Crippen LogP contribution is 2.61. The van der Waals surface area contributed by atoms with Crippen LogP contribution >= 0.6 is 0 Å². The van der Waals surface area contributed by atoms with Gasteiger partial charge in [-0.05, 0) is 48.5 Å². The number of benzene rings is 5. The molecule has 17 heteroatoms. The van der Waals surface area contributed by atoms with Crippen molar-refractivity contribution < 1.29 is 74.6 Å². The smallest absolute Gasteiger partial charge is 0.338 e. The first kappa shape index (κ1) is 33.7. The summed E-state index contributed by atoms with van der Waals surface area (Å²) in [6.45, 7) is 0. The minimum atomic E-state index is -1.70. The molecule has 3 aliphatic rings. The molecule has 0 saturated carbocycles. The maximum Gasteiger partial charge on any atom is 0.338 e. The van der Waals surface area contributed by atoms with E-state index in [0.29, 0.717) is 5.56 Å². The number of phenols is 9. The molecule has 54 heavy (non-hydrogen) atoms. The second-order valence-corrected chi connectivity index (χ2v) is 13.0. The van der Waals surface area contributed by atoms with Gasteiger partial charge < -0.3 is 64.9 Å². The zero-order chi connectivity index (χ0) is 38.4. The van der Waals surface area contributed by atoms with Gasteiger partial charge in [0.1, 0.15) is 29.1 Å². The van der Waals surface area contributed by atoms with E-state index in [1.807, 2.05) is 0 Å². The maximum absolute atomic E-state index is 13.4. The van der Waals surface area contributed by atoms with Crippen LogP contribution in [-0.4, -0.2) is 63.0 Å². The van der Waals surface area contributed by atoms with Gasteiger partial charge in [0.25, 0.3) is 11.5 Å². The Bertz CT molecular complexity index is 2400. The van der Waals surface area contributed by atoms with E-state index in [9.17, 15) is 60.9 Å². The van der Waals surface area contributed by atoms with Crippen LogP contribution in [0.5, 0.6) is 69.0 Å². The summed E-state index contributed by atoms with van der Waals surface area (Å²) in [7, 11) is 0. The van der Waals surface area contributed by atoms with Crippen LogP contribution in [0.4, 0.5) is 5.69 Å². The third kappa shape index (κ3) is 5.20. The average molecular weight is 742 g/mol. The Morgan fingerprint density at radius 3 is 2.04 bits per heavy atom. The van der Waals surface area contributed by atoms with Gasteiger partial charge in [-0.25, -0.2) is 4.79 Å². The number of hydrogen-bond donors (Lipinski definition) is 9. The molecule has 9 N–H and O–H groups in total. The summed E-state index contributed by atoms with van der Waals surface area (Å²) < 4.78 is 25.1. The molecule has 0 radical (unpaired) electrons. The van der Waals surface area contributed by atoms with Crippen molar-refractivity contribution in [2.24, 2.45) is 0 Å². The number of nitrogens with zero attached hydrogens (tertiary/aromatic N) is 1. The highest BCUT2D eigenvalue weighted by atomic mass is 16.7. The van der Waals surface area contributed by atoms with Crippen molar-refractivity contribution in [3.05, 3.63) is 110 Å². The van der Waals surface area contributed by atoms with Crippen molar-refractivity contribution in [3.8, 4) is 69.0 Å². The summed E-state index contributed by atoms with van der Waals surface area (Å²) in [6.07, 6.45) is -3.15. The SMILES string of the molecule is O=C(O[C@@H]1Cc2c(O)cc3c(c2O[C@@H]1c1cc(O)c(O)c(O)c1)C1CC(c2ccc(O)c(O)c2)(Oc2ccc([N+](=O)[O-])cc21)O3)c1cc(O)c(O)c(O)c1. The molecule has 0 aromatic heterocycles. The summed E-state index contributed by atoms with van der Waals surface area (Å²) in [5.74, 6) is -9.69. The lowest BCUT2D eigenvalue weighted by Gasteiger charge is -2.47. The number of carbonyl (C=O) groups excluding carboxylic acids is 1. The number of aromatic hydroxyl groups is 9. The number of rotatable bonds is 5. The van der Waals surface area contributed by atoms with Crippen molar-refractivity contribution in [3.63, 3.8) is 0 Å². The van der Waals surface area contributed by atoms with E-state index in [1.165, 1.54) is 42.5 Å². The van der Waals surface area contributed by atoms with Crippen molar-refractivity contribution in [1.82, 2.24) is 0 Å². The summed E-state index contributed by atoms with van der Waals surface area (Å²) in [5.41, 5.74) is 0.282. The van der Waals surface area contributed by atoms with E-state index in [0.717, 1.165) is 24.3 Å². The molecule has 0 spiro atoms. The van der Waals surface area contributed by atoms with E-state index in [-0.39, 0.29) is 63.6 Å². The molecule has 276 valence electrons. The molecule has 17 nitrogen and oxygen atoms in total. The van der Waals surface area contributed by atoms with E-state index >= 15 is 0 Å². The van der Waals surface area contributed by atoms with Gasteiger partial charge in [-0.3, -0.25) is 10.1 Å². The van der Waals surface area contributed by atoms with Crippen LogP contribution in [0, 0.1) is 10.1 Å². The number of non-ortho nitro benzene ring substituents is 1. The minimum absolute atomic E-state index is 0.00661. The Morgan fingerprint density at radius 2 is 1.39 bits per heavy atom. The Labute approximate surface area is 302 Å². The summed E-state index contributed by atoms with van der Waals surface area (Å²) in [5, 5.41) is 104. The third-order valence-electron chi connectivity index (χ3n) is 9.70. The Hall–Kier alpha value is -7.43. The van der Waals surface area contributed by atoms with Gasteiger partial charge in [-0.2, -0.15) is 0 Å². The van der Waals surface area contributed by atoms with Gasteiger partial charge in [0.15, 0.2) is 52.1 Å². The van der Waals surface area contributed by atoms with Gasteiger partial charge >= 0.3 is 5.97 Å². The highest BCUT2D eigenvalue weighted by molar-refractivity contribution is 5.91. The fraction of sp³-hybridized carbons (Fsp3) is 0.162. The van der Waals surface area contributed by atoms with Crippen LogP contribution in [0.15, 0.2) is 66.7 Å². The van der Waals surface area contributed by atoms with Crippen LogP contribution in [0.2, 0.25) is 0 Å². The lowest BCUT2D eigenvalue weighted by atomic mass is 9.76. The first-order valence-corrected chi connectivity index (χ1v) is 16.1. The maximum atomic E-state index is 13.4. The second-order valence-electron chi connectivity index (χ2n) is 13.0. The average Bonchev–Trinajstić information content (AvgIpc) is 3.13. The molecule has 3 heterocycles. The molecule has 4 atom stereocenters. The zero-order valence-corrected chi connectivity index (χ0v) is 27.3. The first-order chi connectivity index (χ1) is 25.6. The van der Waals surface area contributed by atoms with Gasteiger partial charge in [0.05, 0.1) is 10.5 Å². The fourth-order valence-corrected chi connectivity index (χ4v) is 7.15. The second kappa shape index (κ2) is 11.8. The molecule has 5 aromatic rings. The van der Waals surface area contributed by atoms with Gasteiger partial charge in [-0.1, -0.05) is 0 Å².